The zero-order valence-corrected chi connectivity index (χ0v) is 19.1. The fraction of sp³-hybridized carbons (Fsp3) is 0.455. The molecule has 192 valence electrons. The van der Waals surface area contributed by atoms with Crippen molar-refractivity contribution in [1.29, 1.82) is 0 Å². The summed E-state index contributed by atoms with van der Waals surface area (Å²) in [6.45, 7) is -0.613. The number of nitrogens with two attached hydrogens (primary N) is 3. The van der Waals surface area contributed by atoms with E-state index in [1.165, 1.54) is 0 Å². The van der Waals surface area contributed by atoms with Gasteiger partial charge in [0.05, 0.1) is 18.7 Å². The number of Topliss-reactive ketones (excluding diaryl/α,β-unsaturated/α-hetero) is 2. The Hall–Kier alpha value is -3.52. The van der Waals surface area contributed by atoms with Crippen molar-refractivity contribution in [2.75, 3.05) is 6.61 Å². The molecule has 0 unspecified atom stereocenters. The maximum atomic E-state index is 12.8. The van der Waals surface area contributed by atoms with Crippen LogP contribution in [-0.4, -0.2) is 71.5 Å². The number of primary amides is 2. The summed E-state index contributed by atoms with van der Waals surface area (Å²) >= 11 is 0. The molecule has 0 spiro atoms. The van der Waals surface area contributed by atoms with Gasteiger partial charge in [0.1, 0.15) is 18.4 Å². The molecule has 0 aliphatic heterocycles. The number of nitrogens with one attached hydrogen (secondary N) is 3. The fourth-order valence-electron chi connectivity index (χ4n) is 3.00. The van der Waals surface area contributed by atoms with Crippen LogP contribution in [0.25, 0.3) is 0 Å². The molecule has 0 heterocycles. The molecule has 0 aliphatic carbocycles. The van der Waals surface area contributed by atoms with Crippen LogP contribution in [0.2, 0.25) is 0 Å². The summed E-state index contributed by atoms with van der Waals surface area (Å²) in [5.41, 5.74) is 21.9. The number of hydrogen-bond acceptors (Lipinski definition) is 10. The van der Waals surface area contributed by atoms with Gasteiger partial charge in [0.2, 0.25) is 29.3 Å². The van der Waals surface area contributed by atoms with Gasteiger partial charge in [-0.15, -0.1) is 0 Å². The van der Waals surface area contributed by atoms with E-state index in [1.807, 2.05) is 0 Å². The second kappa shape index (κ2) is 15.4. The Morgan fingerprint density at radius 3 is 2.00 bits per heavy atom. The van der Waals surface area contributed by atoms with E-state index in [2.05, 4.69) is 16.2 Å². The molecular formula is C22H32N6O7. The lowest BCUT2D eigenvalue weighted by Crippen LogP contribution is -2.59. The van der Waals surface area contributed by atoms with Crippen molar-refractivity contribution >= 4 is 35.6 Å². The molecule has 35 heavy (non-hydrogen) atoms. The zero-order chi connectivity index (χ0) is 26.4. The SMILES string of the molecule is NC(=O)CC[C@H](NN[C@@H](Cc1ccccc1)C(=O)N[C@H](C=O)CO)C(=O)C(=O)[C@@H](N)CCC(N)=O. The molecule has 1 aromatic carbocycles. The minimum Gasteiger partial charge on any atom is -0.394 e. The molecule has 13 nitrogen and oxygen atoms in total. The molecule has 0 aromatic heterocycles. The van der Waals surface area contributed by atoms with Crippen molar-refractivity contribution < 1.29 is 33.9 Å². The van der Waals surface area contributed by atoms with E-state index in [-0.39, 0.29) is 32.1 Å². The lowest BCUT2D eigenvalue weighted by Gasteiger charge is -2.24. The summed E-state index contributed by atoms with van der Waals surface area (Å²) in [5.74, 6) is -4.03. The molecule has 0 aliphatic rings. The number of carbonyl (C=O) groups excluding carboxylic acids is 6. The first-order chi connectivity index (χ1) is 16.6. The van der Waals surface area contributed by atoms with E-state index in [4.69, 9.17) is 17.2 Å². The van der Waals surface area contributed by atoms with Gasteiger partial charge in [-0.2, -0.15) is 0 Å². The predicted octanol–water partition coefficient (Wildman–Crippen LogP) is -3.27. The Bertz CT molecular complexity index is 896. The average Bonchev–Trinajstić information content (AvgIpc) is 2.84. The van der Waals surface area contributed by atoms with E-state index in [0.717, 1.165) is 5.56 Å². The van der Waals surface area contributed by atoms with Gasteiger partial charge >= 0.3 is 0 Å². The third kappa shape index (κ3) is 11.0. The molecule has 0 saturated carbocycles. The Balaban J connectivity index is 3.02. The summed E-state index contributed by atoms with van der Waals surface area (Å²) in [5, 5.41) is 11.6. The number of benzene rings is 1. The first kappa shape index (κ1) is 29.5. The Morgan fingerprint density at radius 1 is 0.886 bits per heavy atom. The lowest BCUT2D eigenvalue weighted by molar-refractivity contribution is -0.139. The molecule has 0 bridgehead atoms. The normalized spacial score (nSPS) is 14.2. The van der Waals surface area contributed by atoms with Gasteiger partial charge < -0.3 is 32.4 Å². The summed E-state index contributed by atoms with van der Waals surface area (Å²) in [6.07, 6.45) is -0.274. The van der Waals surface area contributed by atoms with Crippen LogP contribution in [0.3, 0.4) is 0 Å². The van der Waals surface area contributed by atoms with Crippen molar-refractivity contribution in [3.63, 3.8) is 0 Å². The summed E-state index contributed by atoms with van der Waals surface area (Å²) < 4.78 is 0. The van der Waals surface area contributed by atoms with Crippen molar-refractivity contribution in [3.05, 3.63) is 35.9 Å². The second-order valence-corrected chi connectivity index (χ2v) is 7.86. The first-order valence-electron chi connectivity index (χ1n) is 10.9. The third-order valence-electron chi connectivity index (χ3n) is 5.00. The van der Waals surface area contributed by atoms with Crippen LogP contribution in [0.4, 0.5) is 0 Å². The smallest absolute Gasteiger partial charge is 0.239 e. The van der Waals surface area contributed by atoms with Crippen LogP contribution in [0.1, 0.15) is 31.2 Å². The predicted molar refractivity (Wildman–Crippen MR) is 124 cm³/mol. The number of aliphatic hydroxyl groups is 1. The Morgan fingerprint density at radius 2 is 1.46 bits per heavy atom. The topological polar surface area (TPSA) is 237 Å². The molecule has 3 amide bonds. The highest BCUT2D eigenvalue weighted by atomic mass is 16.3. The second-order valence-electron chi connectivity index (χ2n) is 7.86. The number of hydrazine groups is 1. The highest BCUT2D eigenvalue weighted by molar-refractivity contribution is 6.41. The highest BCUT2D eigenvalue weighted by Gasteiger charge is 2.31. The van der Waals surface area contributed by atoms with Crippen LogP contribution < -0.4 is 33.4 Å². The van der Waals surface area contributed by atoms with Crippen LogP contribution in [-0.2, 0) is 35.2 Å². The molecular weight excluding hydrogens is 460 g/mol. The van der Waals surface area contributed by atoms with E-state index >= 15 is 0 Å². The van der Waals surface area contributed by atoms with Crippen LogP contribution in [0.15, 0.2) is 30.3 Å². The summed E-state index contributed by atoms with van der Waals surface area (Å²) in [7, 11) is 0. The van der Waals surface area contributed by atoms with Gasteiger partial charge in [-0.25, -0.2) is 10.9 Å². The largest absolute Gasteiger partial charge is 0.394 e. The van der Waals surface area contributed by atoms with Gasteiger partial charge in [-0.1, -0.05) is 30.3 Å². The number of rotatable bonds is 18. The minimum absolute atomic E-state index is 0.111. The number of aldehydes is 1. The standard InChI is InChI=1S/C22H32N6O7/c23-15(6-8-18(24)31)20(33)21(34)16(7-9-19(25)32)27-28-17(10-13-4-2-1-3-5-13)22(35)26-14(11-29)12-30/h1-5,11,14-17,27-28,30H,6-10,12,23H2,(H2,24,31)(H2,25,32)(H,26,35)/t14-,15+,16+,17+/m1/s1. The van der Waals surface area contributed by atoms with Crippen molar-refractivity contribution in [2.24, 2.45) is 17.2 Å². The summed E-state index contributed by atoms with van der Waals surface area (Å²) in [6, 6.07) is 4.05. The zero-order valence-electron chi connectivity index (χ0n) is 19.1. The van der Waals surface area contributed by atoms with E-state index in [0.29, 0.717) is 6.29 Å². The van der Waals surface area contributed by atoms with E-state index in [1.54, 1.807) is 30.3 Å². The molecule has 1 aromatic rings. The molecule has 0 saturated heterocycles. The fourth-order valence-corrected chi connectivity index (χ4v) is 3.00. The molecule has 0 radical (unpaired) electrons. The van der Waals surface area contributed by atoms with Crippen LogP contribution in [0.5, 0.6) is 0 Å². The van der Waals surface area contributed by atoms with E-state index in [9.17, 15) is 33.9 Å². The number of aliphatic hydroxyl groups excluding tert-OH is 1. The van der Waals surface area contributed by atoms with Crippen molar-refractivity contribution in [2.45, 2.75) is 56.3 Å². The average molecular weight is 493 g/mol. The van der Waals surface area contributed by atoms with Crippen molar-refractivity contribution in [3.8, 4) is 0 Å². The van der Waals surface area contributed by atoms with Gasteiger partial charge in [0.25, 0.3) is 0 Å². The van der Waals surface area contributed by atoms with Crippen LogP contribution >= 0.6 is 0 Å². The Kier molecular flexibility index (Phi) is 13.0. The number of carbonyl (C=O) groups is 6. The highest BCUT2D eigenvalue weighted by Crippen LogP contribution is 2.06. The third-order valence-corrected chi connectivity index (χ3v) is 5.00. The molecule has 4 atom stereocenters. The monoisotopic (exact) mass is 492 g/mol. The molecule has 10 N–H and O–H groups in total. The van der Waals surface area contributed by atoms with Gasteiger partial charge in [-0.3, -0.25) is 24.0 Å². The Labute approximate surface area is 202 Å². The van der Waals surface area contributed by atoms with Crippen LogP contribution in [0, 0.1) is 0 Å². The first-order valence-corrected chi connectivity index (χ1v) is 10.9. The minimum atomic E-state index is -1.28. The van der Waals surface area contributed by atoms with Gasteiger partial charge in [0.15, 0.2) is 0 Å². The number of amides is 3. The summed E-state index contributed by atoms with van der Waals surface area (Å²) in [4.78, 5) is 71.2. The maximum absolute atomic E-state index is 12.8. The lowest BCUT2D eigenvalue weighted by atomic mass is 9.97. The maximum Gasteiger partial charge on any atom is 0.239 e. The number of ketones is 2. The quantitative estimate of drug-likeness (QED) is 0.0613. The van der Waals surface area contributed by atoms with Gasteiger partial charge in [0, 0.05) is 12.8 Å². The molecule has 0 fully saturated rings. The van der Waals surface area contributed by atoms with Crippen molar-refractivity contribution in [1.82, 2.24) is 16.2 Å². The molecule has 13 heteroatoms. The number of hydrogen-bond donors (Lipinski definition) is 7. The van der Waals surface area contributed by atoms with Gasteiger partial charge in [-0.05, 0) is 24.8 Å². The molecule has 1 rings (SSSR count). The van der Waals surface area contributed by atoms with E-state index < -0.39 is 60.1 Å².